The number of nitrogens with one attached hydrogen (secondary N) is 1. The molecule has 0 saturated heterocycles. The second kappa shape index (κ2) is 6.19. The summed E-state index contributed by atoms with van der Waals surface area (Å²) in [4.78, 5) is 1.24. The molecule has 1 aromatic heterocycles. The van der Waals surface area contributed by atoms with Crippen LogP contribution in [0.4, 0.5) is 0 Å². The van der Waals surface area contributed by atoms with Gasteiger partial charge < -0.3 is 10.1 Å². The fourth-order valence-corrected chi connectivity index (χ4v) is 4.08. The molecule has 1 N–H and O–H groups in total. The van der Waals surface area contributed by atoms with Gasteiger partial charge in [-0.1, -0.05) is 18.2 Å². The summed E-state index contributed by atoms with van der Waals surface area (Å²) < 4.78 is 7.61. The Labute approximate surface area is 128 Å². The van der Waals surface area contributed by atoms with Crippen LogP contribution in [0.25, 0.3) is 0 Å². The lowest BCUT2D eigenvalue weighted by Crippen LogP contribution is -2.17. The number of ether oxygens (including phenoxy) is 1. The molecule has 0 aliphatic heterocycles. The molecule has 1 unspecified atom stereocenters. The Balaban J connectivity index is 2.45. The van der Waals surface area contributed by atoms with E-state index in [1.807, 2.05) is 25.2 Å². The predicted molar refractivity (Wildman–Crippen MR) is 83.6 cm³/mol. The van der Waals surface area contributed by atoms with Crippen molar-refractivity contribution in [1.82, 2.24) is 5.32 Å². The molecule has 1 atom stereocenters. The molecular formula is C13H13Br2NOS. The zero-order valence-corrected chi connectivity index (χ0v) is 14.0. The molecule has 2 aromatic rings. The minimum absolute atomic E-state index is 0.133. The summed E-state index contributed by atoms with van der Waals surface area (Å²) in [6, 6.07) is 10.3. The van der Waals surface area contributed by atoms with Crippen molar-refractivity contribution in [1.29, 1.82) is 0 Å². The molecule has 5 heteroatoms. The lowest BCUT2D eigenvalue weighted by molar-refractivity contribution is 0.405. The van der Waals surface area contributed by atoms with Crippen LogP contribution >= 0.6 is 43.2 Å². The lowest BCUT2D eigenvalue weighted by Gasteiger charge is -2.17. The minimum Gasteiger partial charge on any atom is -0.496 e. The van der Waals surface area contributed by atoms with Crippen LogP contribution < -0.4 is 10.1 Å². The Hall–Kier alpha value is -0.360. The summed E-state index contributed by atoms with van der Waals surface area (Å²) in [6.45, 7) is 0. The van der Waals surface area contributed by atoms with Crippen molar-refractivity contribution in [3.63, 3.8) is 0 Å². The molecular weight excluding hydrogens is 378 g/mol. The molecule has 1 heterocycles. The van der Waals surface area contributed by atoms with Gasteiger partial charge in [0.2, 0.25) is 0 Å². The number of benzene rings is 1. The Bertz CT molecular complexity index is 522. The highest BCUT2D eigenvalue weighted by molar-refractivity contribution is 9.13. The van der Waals surface area contributed by atoms with E-state index in [1.54, 1.807) is 18.4 Å². The van der Waals surface area contributed by atoms with Crippen molar-refractivity contribution in [3.8, 4) is 5.75 Å². The number of para-hydroxylation sites is 1. The molecule has 96 valence electrons. The van der Waals surface area contributed by atoms with Gasteiger partial charge in [0.1, 0.15) is 5.75 Å². The van der Waals surface area contributed by atoms with Gasteiger partial charge in [-0.3, -0.25) is 0 Å². The average molecular weight is 391 g/mol. The van der Waals surface area contributed by atoms with Crippen LogP contribution in [0, 0.1) is 0 Å². The SMILES string of the molecule is CNC(c1cc(Br)c(Br)s1)c1ccccc1OC. The molecule has 2 rings (SSSR count). The van der Waals surface area contributed by atoms with Gasteiger partial charge >= 0.3 is 0 Å². The number of methoxy groups -OCH3 is 1. The summed E-state index contributed by atoms with van der Waals surface area (Å²) in [5.41, 5.74) is 1.14. The van der Waals surface area contributed by atoms with E-state index in [0.29, 0.717) is 0 Å². The molecule has 0 radical (unpaired) electrons. The maximum atomic E-state index is 5.43. The first-order valence-corrected chi connectivity index (χ1v) is 7.82. The fourth-order valence-electron chi connectivity index (χ4n) is 1.86. The van der Waals surface area contributed by atoms with E-state index in [4.69, 9.17) is 4.74 Å². The third-order valence-electron chi connectivity index (χ3n) is 2.69. The Morgan fingerprint density at radius 2 is 2.00 bits per heavy atom. The van der Waals surface area contributed by atoms with E-state index in [2.05, 4.69) is 49.3 Å². The van der Waals surface area contributed by atoms with Crippen LogP contribution in [-0.2, 0) is 0 Å². The standard InChI is InChI=1S/C13H13Br2NOS/c1-16-12(11-7-9(14)13(15)18-11)8-5-3-4-6-10(8)17-2/h3-7,12,16H,1-2H3. The minimum atomic E-state index is 0.133. The smallest absolute Gasteiger partial charge is 0.124 e. The van der Waals surface area contributed by atoms with Crippen LogP contribution in [0.5, 0.6) is 5.75 Å². The van der Waals surface area contributed by atoms with Gasteiger partial charge in [-0.2, -0.15) is 0 Å². The fraction of sp³-hybridized carbons (Fsp3) is 0.231. The summed E-state index contributed by atoms with van der Waals surface area (Å²) in [5, 5.41) is 3.34. The first-order valence-electron chi connectivity index (χ1n) is 5.42. The van der Waals surface area contributed by atoms with Crippen molar-refractivity contribution >= 4 is 43.2 Å². The van der Waals surface area contributed by atoms with E-state index < -0.39 is 0 Å². The number of hydrogen-bond donors (Lipinski definition) is 1. The molecule has 0 aliphatic rings. The van der Waals surface area contributed by atoms with Crippen molar-refractivity contribution in [3.05, 3.63) is 49.0 Å². The normalized spacial score (nSPS) is 12.4. The molecule has 0 spiro atoms. The van der Waals surface area contributed by atoms with E-state index in [0.717, 1.165) is 19.6 Å². The first-order chi connectivity index (χ1) is 8.67. The largest absolute Gasteiger partial charge is 0.496 e. The first kappa shape index (κ1) is 14.1. The van der Waals surface area contributed by atoms with Crippen molar-refractivity contribution < 1.29 is 4.74 Å². The van der Waals surface area contributed by atoms with Crippen LogP contribution in [0.2, 0.25) is 0 Å². The monoisotopic (exact) mass is 389 g/mol. The Kier molecular flexibility index (Phi) is 4.84. The highest BCUT2D eigenvalue weighted by atomic mass is 79.9. The summed E-state index contributed by atoms with van der Waals surface area (Å²) in [6.07, 6.45) is 0. The van der Waals surface area contributed by atoms with Crippen molar-refractivity contribution in [2.24, 2.45) is 0 Å². The predicted octanol–water partition coefficient (Wildman–Crippen LogP) is 4.59. The molecule has 0 aliphatic carbocycles. The van der Waals surface area contributed by atoms with Gasteiger partial charge in [-0.15, -0.1) is 11.3 Å². The second-order valence-corrected chi connectivity index (χ2v) is 6.99. The number of halogens is 2. The summed E-state index contributed by atoms with van der Waals surface area (Å²) in [7, 11) is 3.66. The van der Waals surface area contributed by atoms with E-state index >= 15 is 0 Å². The van der Waals surface area contributed by atoms with Gasteiger partial charge in [0.25, 0.3) is 0 Å². The van der Waals surface area contributed by atoms with Crippen molar-refractivity contribution in [2.45, 2.75) is 6.04 Å². The Morgan fingerprint density at radius 3 is 2.56 bits per heavy atom. The van der Waals surface area contributed by atoms with Crippen LogP contribution in [0.15, 0.2) is 38.6 Å². The zero-order valence-electron chi connectivity index (χ0n) is 10.0. The van der Waals surface area contributed by atoms with Gasteiger partial charge in [0, 0.05) is 14.9 Å². The van der Waals surface area contributed by atoms with Crippen LogP contribution in [-0.4, -0.2) is 14.2 Å². The number of rotatable bonds is 4. The maximum absolute atomic E-state index is 5.43. The van der Waals surface area contributed by atoms with Gasteiger partial charge in [-0.05, 0) is 51.0 Å². The molecule has 18 heavy (non-hydrogen) atoms. The van der Waals surface area contributed by atoms with Gasteiger partial charge in [0.15, 0.2) is 0 Å². The molecule has 1 aromatic carbocycles. The van der Waals surface area contributed by atoms with Crippen LogP contribution in [0.1, 0.15) is 16.5 Å². The third-order valence-corrected chi connectivity index (χ3v) is 6.01. The van der Waals surface area contributed by atoms with E-state index in [1.165, 1.54) is 4.88 Å². The second-order valence-electron chi connectivity index (χ2n) is 3.73. The highest BCUT2D eigenvalue weighted by Crippen LogP contribution is 2.39. The number of thiophene rings is 1. The molecule has 0 bridgehead atoms. The third kappa shape index (κ3) is 2.79. The zero-order chi connectivity index (χ0) is 13.1. The molecule has 2 nitrogen and oxygen atoms in total. The topological polar surface area (TPSA) is 21.3 Å². The lowest BCUT2D eigenvalue weighted by atomic mass is 10.0. The van der Waals surface area contributed by atoms with Crippen molar-refractivity contribution in [2.75, 3.05) is 14.2 Å². The molecule has 0 fully saturated rings. The highest BCUT2D eigenvalue weighted by Gasteiger charge is 2.19. The molecule has 0 saturated carbocycles. The maximum Gasteiger partial charge on any atom is 0.124 e. The van der Waals surface area contributed by atoms with Gasteiger partial charge in [0.05, 0.1) is 16.9 Å². The Morgan fingerprint density at radius 1 is 1.28 bits per heavy atom. The van der Waals surface area contributed by atoms with E-state index in [-0.39, 0.29) is 6.04 Å². The summed E-state index contributed by atoms with van der Waals surface area (Å²) in [5.74, 6) is 0.900. The molecule has 0 amide bonds. The quantitative estimate of drug-likeness (QED) is 0.824. The summed E-state index contributed by atoms with van der Waals surface area (Å²) >= 11 is 8.77. The van der Waals surface area contributed by atoms with Gasteiger partial charge in [-0.25, -0.2) is 0 Å². The van der Waals surface area contributed by atoms with E-state index in [9.17, 15) is 0 Å². The van der Waals surface area contributed by atoms with Crippen LogP contribution in [0.3, 0.4) is 0 Å². The average Bonchev–Trinajstić information content (AvgIpc) is 2.71. The number of hydrogen-bond acceptors (Lipinski definition) is 3.